The van der Waals surface area contributed by atoms with Crippen LogP contribution in [-0.2, 0) is 19.6 Å². The molecule has 0 saturated carbocycles. The zero-order valence-corrected chi connectivity index (χ0v) is 11.9. The molecule has 1 atom stereocenters. The molecule has 2 nitrogen and oxygen atoms in total. The molecule has 1 aliphatic carbocycles. The summed E-state index contributed by atoms with van der Waals surface area (Å²) in [6, 6.07) is 15.3. The maximum Gasteiger partial charge on any atom is 0.0685 e. The molecule has 1 aliphatic rings. The summed E-state index contributed by atoms with van der Waals surface area (Å²) in [7, 11) is 0. The first-order valence-corrected chi connectivity index (χ1v) is 7.28. The number of hydrogen-bond acceptors (Lipinski definition) is 2. The number of nitrogens with one attached hydrogen (secondary N) is 1. The summed E-state index contributed by atoms with van der Waals surface area (Å²) in [6.45, 7) is 3.07. The second kappa shape index (κ2) is 5.78. The van der Waals surface area contributed by atoms with Crippen molar-refractivity contribution in [3.05, 3.63) is 70.3 Å². The summed E-state index contributed by atoms with van der Waals surface area (Å²) in [5.74, 6) is 0. The van der Waals surface area contributed by atoms with Crippen LogP contribution in [-0.4, -0.2) is 5.11 Å². The van der Waals surface area contributed by atoms with Crippen LogP contribution >= 0.6 is 0 Å². The van der Waals surface area contributed by atoms with E-state index in [1.807, 2.05) is 18.2 Å². The second-order valence-corrected chi connectivity index (χ2v) is 5.60. The summed E-state index contributed by atoms with van der Waals surface area (Å²) < 4.78 is 0. The quantitative estimate of drug-likeness (QED) is 0.891. The Labute approximate surface area is 120 Å². The molecule has 0 amide bonds. The third-order valence-electron chi connectivity index (χ3n) is 4.21. The smallest absolute Gasteiger partial charge is 0.0685 e. The van der Waals surface area contributed by atoms with Gasteiger partial charge in [-0.2, -0.15) is 0 Å². The highest BCUT2D eigenvalue weighted by atomic mass is 16.3. The van der Waals surface area contributed by atoms with Crippen LogP contribution in [0.1, 0.15) is 40.3 Å². The number of aryl methyl sites for hydroxylation is 2. The Morgan fingerprint density at radius 1 is 1.15 bits per heavy atom. The molecule has 0 aliphatic heterocycles. The molecule has 3 rings (SSSR count). The van der Waals surface area contributed by atoms with E-state index in [-0.39, 0.29) is 6.61 Å². The molecule has 0 bridgehead atoms. The number of aliphatic hydroxyl groups is 1. The van der Waals surface area contributed by atoms with Crippen molar-refractivity contribution in [1.82, 2.24) is 5.32 Å². The van der Waals surface area contributed by atoms with Crippen molar-refractivity contribution < 1.29 is 5.11 Å². The zero-order chi connectivity index (χ0) is 13.9. The topological polar surface area (TPSA) is 32.3 Å². The van der Waals surface area contributed by atoms with E-state index < -0.39 is 0 Å². The summed E-state index contributed by atoms with van der Waals surface area (Å²) in [6.07, 6.45) is 2.33. The maximum atomic E-state index is 9.38. The molecule has 0 spiro atoms. The van der Waals surface area contributed by atoms with Crippen LogP contribution in [0.5, 0.6) is 0 Å². The van der Waals surface area contributed by atoms with Gasteiger partial charge in [0.2, 0.25) is 0 Å². The summed E-state index contributed by atoms with van der Waals surface area (Å²) >= 11 is 0. The minimum absolute atomic E-state index is 0.109. The molecule has 104 valence electrons. The highest BCUT2D eigenvalue weighted by molar-refractivity contribution is 5.38. The largest absolute Gasteiger partial charge is 0.392 e. The lowest BCUT2D eigenvalue weighted by Crippen LogP contribution is -2.19. The standard InChI is InChI=1S/C18H21NO/c1-13-6-7-14-8-9-18(17(14)10-13)19-11-15-4-2-3-5-16(15)12-20/h2-7,10,18-20H,8-9,11-12H2,1H3. The molecular formula is C18H21NO. The SMILES string of the molecule is Cc1ccc2c(c1)C(NCc1ccccc1CO)CC2. The van der Waals surface area contributed by atoms with Gasteiger partial charge < -0.3 is 10.4 Å². The molecule has 0 saturated heterocycles. The number of benzene rings is 2. The highest BCUT2D eigenvalue weighted by Crippen LogP contribution is 2.32. The van der Waals surface area contributed by atoms with Gasteiger partial charge in [0.1, 0.15) is 0 Å². The van der Waals surface area contributed by atoms with Gasteiger partial charge in [-0.15, -0.1) is 0 Å². The predicted octanol–water partition coefficient (Wildman–Crippen LogP) is 3.26. The van der Waals surface area contributed by atoms with Gasteiger partial charge in [0.05, 0.1) is 6.61 Å². The first-order valence-electron chi connectivity index (χ1n) is 7.28. The first kappa shape index (κ1) is 13.3. The van der Waals surface area contributed by atoms with E-state index in [2.05, 4.69) is 36.5 Å². The fraction of sp³-hybridized carbons (Fsp3) is 0.333. The number of hydrogen-bond donors (Lipinski definition) is 2. The van der Waals surface area contributed by atoms with Crippen LogP contribution in [0.25, 0.3) is 0 Å². The van der Waals surface area contributed by atoms with Gasteiger partial charge in [-0.05, 0) is 42.0 Å². The summed E-state index contributed by atoms with van der Waals surface area (Å²) in [5, 5.41) is 13.0. The van der Waals surface area contributed by atoms with E-state index in [9.17, 15) is 5.11 Å². The zero-order valence-electron chi connectivity index (χ0n) is 11.9. The van der Waals surface area contributed by atoms with Gasteiger partial charge in [-0.1, -0.05) is 48.0 Å². The van der Waals surface area contributed by atoms with Crippen molar-refractivity contribution >= 4 is 0 Å². The minimum Gasteiger partial charge on any atom is -0.392 e. The molecule has 0 fully saturated rings. The Morgan fingerprint density at radius 3 is 2.75 bits per heavy atom. The molecule has 0 heterocycles. The second-order valence-electron chi connectivity index (χ2n) is 5.60. The average Bonchev–Trinajstić information content (AvgIpc) is 2.87. The molecule has 2 aromatic carbocycles. The summed E-state index contributed by atoms with van der Waals surface area (Å²) in [5.41, 5.74) is 6.46. The average molecular weight is 267 g/mol. The predicted molar refractivity (Wildman–Crippen MR) is 81.4 cm³/mol. The lowest BCUT2D eigenvalue weighted by Gasteiger charge is -2.16. The van der Waals surface area contributed by atoms with Crippen molar-refractivity contribution in [3.8, 4) is 0 Å². The van der Waals surface area contributed by atoms with E-state index in [0.29, 0.717) is 6.04 Å². The maximum absolute atomic E-state index is 9.38. The molecular weight excluding hydrogens is 246 g/mol. The molecule has 2 aromatic rings. The number of fused-ring (bicyclic) bond motifs is 1. The third kappa shape index (κ3) is 2.62. The number of rotatable bonds is 4. The Kier molecular flexibility index (Phi) is 3.86. The van der Waals surface area contributed by atoms with Crippen LogP contribution in [0.15, 0.2) is 42.5 Å². The Bertz CT molecular complexity index is 606. The van der Waals surface area contributed by atoms with E-state index in [1.54, 1.807) is 0 Å². The third-order valence-corrected chi connectivity index (χ3v) is 4.21. The first-order chi connectivity index (χ1) is 9.78. The van der Waals surface area contributed by atoms with E-state index in [0.717, 1.165) is 18.5 Å². The highest BCUT2D eigenvalue weighted by Gasteiger charge is 2.21. The number of aliphatic hydroxyl groups excluding tert-OH is 1. The van der Waals surface area contributed by atoms with Crippen molar-refractivity contribution in [2.24, 2.45) is 0 Å². The fourth-order valence-electron chi connectivity index (χ4n) is 3.05. The minimum atomic E-state index is 0.109. The molecule has 2 heteroatoms. The Hall–Kier alpha value is -1.64. The fourth-order valence-corrected chi connectivity index (χ4v) is 3.05. The molecule has 20 heavy (non-hydrogen) atoms. The van der Waals surface area contributed by atoms with E-state index in [1.165, 1.54) is 28.7 Å². The van der Waals surface area contributed by atoms with Crippen LogP contribution in [0.3, 0.4) is 0 Å². The van der Waals surface area contributed by atoms with Gasteiger partial charge >= 0.3 is 0 Å². The molecule has 2 N–H and O–H groups in total. The van der Waals surface area contributed by atoms with Crippen molar-refractivity contribution in [2.45, 2.75) is 39.0 Å². The molecule has 0 radical (unpaired) electrons. The lowest BCUT2D eigenvalue weighted by atomic mass is 10.0. The Morgan fingerprint density at radius 2 is 1.95 bits per heavy atom. The van der Waals surface area contributed by atoms with Crippen molar-refractivity contribution in [2.75, 3.05) is 0 Å². The van der Waals surface area contributed by atoms with Gasteiger partial charge in [0, 0.05) is 12.6 Å². The van der Waals surface area contributed by atoms with Crippen molar-refractivity contribution in [3.63, 3.8) is 0 Å². The van der Waals surface area contributed by atoms with Crippen LogP contribution in [0.2, 0.25) is 0 Å². The normalized spacial score (nSPS) is 17.2. The lowest BCUT2D eigenvalue weighted by molar-refractivity contribution is 0.280. The van der Waals surface area contributed by atoms with Crippen LogP contribution < -0.4 is 5.32 Å². The molecule has 0 aromatic heterocycles. The monoisotopic (exact) mass is 267 g/mol. The van der Waals surface area contributed by atoms with Crippen LogP contribution in [0, 0.1) is 6.92 Å². The Balaban J connectivity index is 1.73. The van der Waals surface area contributed by atoms with Gasteiger partial charge in [-0.3, -0.25) is 0 Å². The molecule has 1 unspecified atom stereocenters. The van der Waals surface area contributed by atoms with Gasteiger partial charge in [0.25, 0.3) is 0 Å². The summed E-state index contributed by atoms with van der Waals surface area (Å²) in [4.78, 5) is 0. The van der Waals surface area contributed by atoms with Crippen molar-refractivity contribution in [1.29, 1.82) is 0 Å². The van der Waals surface area contributed by atoms with Gasteiger partial charge in [-0.25, -0.2) is 0 Å². The van der Waals surface area contributed by atoms with Gasteiger partial charge in [0.15, 0.2) is 0 Å². The van der Waals surface area contributed by atoms with E-state index in [4.69, 9.17) is 0 Å². The van der Waals surface area contributed by atoms with E-state index >= 15 is 0 Å². The van der Waals surface area contributed by atoms with Crippen LogP contribution in [0.4, 0.5) is 0 Å².